The summed E-state index contributed by atoms with van der Waals surface area (Å²) < 4.78 is 36.2. The minimum Gasteiger partial charge on any atom is -0.462 e. The first-order chi connectivity index (χ1) is 20.9. The maximum Gasteiger partial charge on any atom is 0.311 e. The quantitative estimate of drug-likeness (QED) is 0.182. The van der Waals surface area contributed by atoms with E-state index < -0.39 is 82.3 Å². The first kappa shape index (κ1) is 39.3. The fourth-order valence-electron chi connectivity index (χ4n) is 4.18. The molecule has 1 aliphatic carbocycles. The van der Waals surface area contributed by atoms with Crippen LogP contribution in [0, 0.1) is 33.5 Å². The number of carbonyl (C=O) groups is 4. The molecule has 2 aliphatic rings. The molecule has 1 fully saturated rings. The van der Waals surface area contributed by atoms with Gasteiger partial charge >= 0.3 is 23.9 Å². The van der Waals surface area contributed by atoms with E-state index in [-0.39, 0.29) is 6.61 Å². The number of hydrogen-bond donors (Lipinski definition) is 0. The van der Waals surface area contributed by atoms with Gasteiger partial charge < -0.3 is 28.4 Å². The standard InChI is InChI=1S/C36H56O10/c1-22(19-20-23-17-15-14-16-18-23)42-28-27(46-32(40)36(11,12)13)26(45-31(39)35(8,9)10)25(44-30(38)34(5,6)7)24(43-28)21-41-29(37)33(2,3)4/h17,22,24-28H,14-16,18,21H2,1-13H3/t22?,24-,25-,26+,27-,28-/m1/s1. The zero-order chi connectivity index (χ0) is 35.3. The number of carbonyl (C=O) groups excluding carboxylic acids is 4. The van der Waals surface area contributed by atoms with Crippen LogP contribution in [0.15, 0.2) is 11.6 Å². The van der Waals surface area contributed by atoms with E-state index in [0.29, 0.717) is 0 Å². The summed E-state index contributed by atoms with van der Waals surface area (Å²) in [4.78, 5) is 52.8. The lowest BCUT2D eigenvalue weighted by atomic mass is 9.93. The van der Waals surface area contributed by atoms with E-state index in [9.17, 15) is 19.2 Å². The van der Waals surface area contributed by atoms with Crippen LogP contribution < -0.4 is 0 Å². The summed E-state index contributed by atoms with van der Waals surface area (Å²) in [6.07, 6.45) is -1.05. The molecule has 0 aromatic rings. The van der Waals surface area contributed by atoms with Crippen molar-refractivity contribution in [3.8, 4) is 11.8 Å². The van der Waals surface area contributed by atoms with Crippen LogP contribution in [0.1, 0.15) is 116 Å². The Morgan fingerprint density at radius 3 is 1.67 bits per heavy atom. The van der Waals surface area contributed by atoms with Gasteiger partial charge in [0.1, 0.15) is 18.8 Å². The third-order valence-electron chi connectivity index (χ3n) is 7.21. The predicted octanol–water partition coefficient (Wildman–Crippen LogP) is 6.08. The van der Waals surface area contributed by atoms with E-state index in [0.717, 1.165) is 31.3 Å². The normalized spacial score (nSPS) is 24.8. The molecule has 0 aromatic heterocycles. The van der Waals surface area contributed by atoms with Gasteiger partial charge in [0.05, 0.1) is 21.7 Å². The highest BCUT2D eigenvalue weighted by atomic mass is 16.7. The van der Waals surface area contributed by atoms with E-state index in [1.165, 1.54) is 0 Å². The third kappa shape index (κ3) is 11.7. The maximum atomic E-state index is 13.4. The molecule has 0 saturated carbocycles. The van der Waals surface area contributed by atoms with E-state index in [1.54, 1.807) is 90.0 Å². The lowest BCUT2D eigenvalue weighted by molar-refractivity contribution is -0.315. The molecular weight excluding hydrogens is 592 g/mol. The van der Waals surface area contributed by atoms with Crippen LogP contribution >= 0.6 is 0 Å². The smallest absolute Gasteiger partial charge is 0.311 e. The molecule has 0 radical (unpaired) electrons. The van der Waals surface area contributed by atoms with Crippen LogP contribution in [-0.2, 0) is 47.6 Å². The third-order valence-corrected chi connectivity index (χ3v) is 7.21. The molecule has 0 aromatic carbocycles. The summed E-state index contributed by atoms with van der Waals surface area (Å²) in [6, 6.07) is 0. The van der Waals surface area contributed by atoms with Crippen molar-refractivity contribution in [2.45, 2.75) is 153 Å². The van der Waals surface area contributed by atoms with Gasteiger partial charge in [0.15, 0.2) is 18.3 Å². The molecule has 1 saturated heterocycles. The molecule has 6 atom stereocenters. The fourth-order valence-corrected chi connectivity index (χ4v) is 4.18. The Kier molecular flexibility index (Phi) is 13.1. The highest BCUT2D eigenvalue weighted by Gasteiger charge is 2.55. The Morgan fingerprint density at radius 2 is 1.22 bits per heavy atom. The molecular formula is C36H56O10. The van der Waals surface area contributed by atoms with Gasteiger partial charge in [-0.2, -0.15) is 0 Å². The van der Waals surface area contributed by atoms with Crippen molar-refractivity contribution in [3.05, 3.63) is 11.6 Å². The predicted molar refractivity (Wildman–Crippen MR) is 172 cm³/mol. The van der Waals surface area contributed by atoms with Crippen molar-refractivity contribution in [1.82, 2.24) is 0 Å². The summed E-state index contributed by atoms with van der Waals surface area (Å²) in [7, 11) is 0. The fraction of sp³-hybridized carbons (Fsp3) is 0.778. The minimum atomic E-state index is -1.37. The SMILES string of the molecule is CC(C#CC1=CCCCC1)O[C@@H]1O[C@H](COC(=O)C(C)(C)C)[C@@H](OC(=O)C(C)(C)C)[C@H](OC(=O)C(C)(C)C)[C@H]1OC(=O)C(C)(C)C. The highest BCUT2D eigenvalue weighted by Crippen LogP contribution is 2.35. The van der Waals surface area contributed by atoms with Crippen LogP contribution in [0.4, 0.5) is 0 Å². The van der Waals surface area contributed by atoms with E-state index in [4.69, 9.17) is 28.4 Å². The van der Waals surface area contributed by atoms with Crippen molar-refractivity contribution in [2.75, 3.05) is 6.61 Å². The molecule has 1 aliphatic heterocycles. The number of hydrogen-bond acceptors (Lipinski definition) is 10. The number of allylic oxidation sites excluding steroid dienone is 2. The van der Waals surface area contributed by atoms with Crippen molar-refractivity contribution in [2.24, 2.45) is 21.7 Å². The molecule has 260 valence electrons. The van der Waals surface area contributed by atoms with Gasteiger partial charge in [-0.25, -0.2) is 0 Å². The second-order valence-corrected chi connectivity index (χ2v) is 16.3. The summed E-state index contributed by atoms with van der Waals surface area (Å²) in [5, 5.41) is 0. The molecule has 2 rings (SSSR count). The molecule has 46 heavy (non-hydrogen) atoms. The molecule has 0 bridgehead atoms. The molecule has 0 amide bonds. The van der Waals surface area contributed by atoms with Crippen molar-refractivity contribution in [3.63, 3.8) is 0 Å². The molecule has 10 heteroatoms. The first-order valence-electron chi connectivity index (χ1n) is 16.2. The number of esters is 4. The topological polar surface area (TPSA) is 124 Å². The highest BCUT2D eigenvalue weighted by molar-refractivity contribution is 5.78. The zero-order valence-corrected chi connectivity index (χ0v) is 30.2. The number of rotatable bonds is 7. The summed E-state index contributed by atoms with van der Waals surface area (Å²) in [5.41, 5.74) is -2.66. The van der Waals surface area contributed by atoms with Crippen LogP contribution in [0.25, 0.3) is 0 Å². The van der Waals surface area contributed by atoms with Crippen molar-refractivity contribution < 1.29 is 47.6 Å². The summed E-state index contributed by atoms with van der Waals surface area (Å²) >= 11 is 0. The van der Waals surface area contributed by atoms with Gasteiger partial charge in [-0.05, 0) is 121 Å². The Bertz CT molecular complexity index is 1190. The number of ether oxygens (including phenoxy) is 6. The van der Waals surface area contributed by atoms with E-state index in [1.807, 2.05) is 0 Å². The van der Waals surface area contributed by atoms with Crippen molar-refractivity contribution >= 4 is 23.9 Å². The van der Waals surface area contributed by atoms with Gasteiger partial charge in [-0.3, -0.25) is 19.2 Å². The Labute approximate surface area is 275 Å². The van der Waals surface area contributed by atoms with Gasteiger partial charge in [0.2, 0.25) is 6.29 Å². The molecule has 0 N–H and O–H groups in total. The monoisotopic (exact) mass is 648 g/mol. The Morgan fingerprint density at radius 1 is 0.739 bits per heavy atom. The average molecular weight is 649 g/mol. The zero-order valence-electron chi connectivity index (χ0n) is 30.2. The van der Waals surface area contributed by atoms with Crippen LogP contribution in [0.2, 0.25) is 0 Å². The van der Waals surface area contributed by atoms with Gasteiger partial charge in [-0.1, -0.05) is 17.9 Å². The Hall–Kier alpha value is -2.90. The maximum absolute atomic E-state index is 13.4. The minimum absolute atomic E-state index is 0.353. The van der Waals surface area contributed by atoms with Crippen molar-refractivity contribution in [1.29, 1.82) is 0 Å². The van der Waals surface area contributed by atoms with E-state index >= 15 is 0 Å². The molecule has 1 heterocycles. The molecule has 10 nitrogen and oxygen atoms in total. The Balaban J connectivity index is 2.65. The van der Waals surface area contributed by atoms with Gasteiger partial charge in [-0.15, -0.1) is 0 Å². The molecule has 1 unspecified atom stereocenters. The molecule has 0 spiro atoms. The van der Waals surface area contributed by atoms with Crippen LogP contribution in [0.3, 0.4) is 0 Å². The lowest BCUT2D eigenvalue weighted by Crippen LogP contribution is -2.64. The second kappa shape index (κ2) is 15.3. The first-order valence-corrected chi connectivity index (χ1v) is 16.2. The van der Waals surface area contributed by atoms with Gasteiger partial charge in [0, 0.05) is 0 Å². The second-order valence-electron chi connectivity index (χ2n) is 16.3. The van der Waals surface area contributed by atoms with Crippen LogP contribution in [-0.4, -0.2) is 67.3 Å². The largest absolute Gasteiger partial charge is 0.462 e. The van der Waals surface area contributed by atoms with Gasteiger partial charge in [0.25, 0.3) is 0 Å². The average Bonchev–Trinajstić information content (AvgIpc) is 2.91. The van der Waals surface area contributed by atoms with Crippen LogP contribution in [0.5, 0.6) is 0 Å². The van der Waals surface area contributed by atoms with E-state index in [2.05, 4.69) is 17.9 Å². The summed E-state index contributed by atoms with van der Waals surface area (Å²) in [6.45, 7) is 21.6. The summed E-state index contributed by atoms with van der Waals surface area (Å²) in [5.74, 6) is 3.88. The lowest BCUT2D eigenvalue weighted by Gasteiger charge is -2.46.